The third-order valence-corrected chi connectivity index (χ3v) is 3.28. The highest BCUT2D eigenvalue weighted by atomic mass is 19.4. The Morgan fingerprint density at radius 2 is 1.52 bits per heavy atom. The summed E-state index contributed by atoms with van der Waals surface area (Å²) < 4.78 is 42.7. The smallest absolute Gasteiger partial charge is 0.425 e. The molecular weight excluding hydrogens is 281 g/mol. The third-order valence-electron chi connectivity index (χ3n) is 3.28. The van der Waals surface area contributed by atoms with Crippen molar-refractivity contribution in [1.82, 2.24) is 0 Å². The second-order valence-corrected chi connectivity index (χ2v) is 5.48. The number of unbranched alkanes of at least 4 members (excludes halogenated alkanes) is 7. The molecule has 5 heteroatoms. The van der Waals surface area contributed by atoms with Crippen LogP contribution in [0.25, 0.3) is 0 Å². The Bertz CT molecular complexity index is 311. The Kier molecular flexibility index (Phi) is 10.2. The topological polar surface area (TPSA) is 26.3 Å². The molecule has 0 aromatic heterocycles. The SMILES string of the molecule is C=C(C)C(=O)OC(CCCCCCCCCC)C(F)(F)F. The summed E-state index contributed by atoms with van der Waals surface area (Å²) in [6, 6.07) is 0. The Morgan fingerprint density at radius 3 is 1.95 bits per heavy atom. The van der Waals surface area contributed by atoms with Gasteiger partial charge in [-0.25, -0.2) is 4.79 Å². The molecule has 0 spiro atoms. The van der Waals surface area contributed by atoms with E-state index in [1.807, 2.05) is 0 Å². The number of hydrogen-bond donors (Lipinski definition) is 0. The Labute approximate surface area is 125 Å². The van der Waals surface area contributed by atoms with Gasteiger partial charge in [0.05, 0.1) is 0 Å². The van der Waals surface area contributed by atoms with Gasteiger partial charge in [0.15, 0.2) is 6.10 Å². The molecule has 0 aromatic carbocycles. The van der Waals surface area contributed by atoms with E-state index >= 15 is 0 Å². The summed E-state index contributed by atoms with van der Waals surface area (Å²) in [5, 5.41) is 0. The van der Waals surface area contributed by atoms with Crippen molar-refractivity contribution in [3.8, 4) is 0 Å². The van der Waals surface area contributed by atoms with Crippen molar-refractivity contribution in [2.75, 3.05) is 0 Å². The maximum atomic E-state index is 12.8. The van der Waals surface area contributed by atoms with E-state index < -0.39 is 18.2 Å². The maximum Gasteiger partial charge on any atom is 0.425 e. The molecule has 0 aromatic rings. The minimum atomic E-state index is -4.51. The fourth-order valence-electron chi connectivity index (χ4n) is 1.98. The van der Waals surface area contributed by atoms with Gasteiger partial charge in [-0.3, -0.25) is 0 Å². The molecule has 0 heterocycles. The molecule has 0 aliphatic rings. The number of esters is 1. The third kappa shape index (κ3) is 10.4. The van der Waals surface area contributed by atoms with E-state index in [2.05, 4.69) is 18.2 Å². The van der Waals surface area contributed by atoms with Gasteiger partial charge in [0.2, 0.25) is 0 Å². The van der Waals surface area contributed by atoms with Crippen LogP contribution < -0.4 is 0 Å². The maximum absolute atomic E-state index is 12.8. The van der Waals surface area contributed by atoms with Crippen LogP contribution in [-0.2, 0) is 9.53 Å². The molecule has 0 fully saturated rings. The van der Waals surface area contributed by atoms with Gasteiger partial charge in [-0.1, -0.05) is 58.4 Å². The lowest BCUT2D eigenvalue weighted by molar-refractivity contribution is -0.220. The van der Waals surface area contributed by atoms with Crippen LogP contribution in [0.5, 0.6) is 0 Å². The molecular formula is C16H27F3O2. The normalized spacial score (nSPS) is 13.0. The van der Waals surface area contributed by atoms with Gasteiger partial charge in [-0.2, -0.15) is 13.2 Å². The monoisotopic (exact) mass is 308 g/mol. The summed E-state index contributed by atoms with van der Waals surface area (Å²) >= 11 is 0. The van der Waals surface area contributed by atoms with Crippen molar-refractivity contribution < 1.29 is 22.7 Å². The summed E-state index contributed by atoms with van der Waals surface area (Å²) in [7, 11) is 0. The molecule has 124 valence electrons. The van der Waals surface area contributed by atoms with Crippen LogP contribution in [0, 0.1) is 0 Å². The highest BCUT2D eigenvalue weighted by molar-refractivity contribution is 5.87. The molecule has 2 nitrogen and oxygen atoms in total. The summed E-state index contributed by atoms with van der Waals surface area (Å²) in [6.45, 7) is 6.78. The Balaban J connectivity index is 3.93. The summed E-state index contributed by atoms with van der Waals surface area (Å²) in [5.41, 5.74) is -0.0137. The van der Waals surface area contributed by atoms with Crippen LogP contribution in [0.1, 0.15) is 71.6 Å². The Hall–Kier alpha value is -1.00. The van der Waals surface area contributed by atoms with Crippen molar-refractivity contribution in [2.24, 2.45) is 0 Å². The fourth-order valence-corrected chi connectivity index (χ4v) is 1.98. The van der Waals surface area contributed by atoms with Gasteiger partial charge in [0.1, 0.15) is 0 Å². The molecule has 0 aliphatic carbocycles. The highest BCUT2D eigenvalue weighted by Gasteiger charge is 2.42. The molecule has 1 atom stereocenters. The number of ether oxygens (including phenoxy) is 1. The highest BCUT2D eigenvalue weighted by Crippen LogP contribution is 2.27. The second kappa shape index (κ2) is 10.7. The van der Waals surface area contributed by atoms with Crippen LogP contribution in [0.4, 0.5) is 13.2 Å². The number of halogens is 3. The number of carbonyl (C=O) groups excluding carboxylic acids is 1. The minimum absolute atomic E-state index is 0.0137. The van der Waals surface area contributed by atoms with Gasteiger partial charge in [0.25, 0.3) is 0 Å². The second-order valence-electron chi connectivity index (χ2n) is 5.48. The lowest BCUT2D eigenvalue weighted by Crippen LogP contribution is -2.34. The largest absolute Gasteiger partial charge is 0.449 e. The van der Waals surface area contributed by atoms with Crippen LogP contribution in [0.15, 0.2) is 12.2 Å². The molecule has 0 amide bonds. The fraction of sp³-hybridized carbons (Fsp3) is 0.812. The van der Waals surface area contributed by atoms with Crippen LogP contribution in [0.3, 0.4) is 0 Å². The first kappa shape index (κ1) is 20.0. The molecule has 1 unspecified atom stereocenters. The lowest BCUT2D eigenvalue weighted by Gasteiger charge is -2.20. The number of rotatable bonds is 11. The molecule has 0 aliphatic heterocycles. The van der Waals surface area contributed by atoms with Crippen LogP contribution in [0.2, 0.25) is 0 Å². The van der Waals surface area contributed by atoms with Crippen molar-refractivity contribution >= 4 is 5.97 Å². The summed E-state index contributed by atoms with van der Waals surface area (Å²) in [5.74, 6) is -0.975. The Morgan fingerprint density at radius 1 is 1.05 bits per heavy atom. The van der Waals surface area contributed by atoms with Gasteiger partial charge < -0.3 is 4.74 Å². The molecule has 0 saturated heterocycles. The zero-order valence-corrected chi connectivity index (χ0v) is 13.1. The average Bonchev–Trinajstić information content (AvgIpc) is 2.38. The van der Waals surface area contributed by atoms with Gasteiger partial charge in [-0.05, 0) is 19.8 Å². The van der Waals surface area contributed by atoms with E-state index in [0.29, 0.717) is 6.42 Å². The van der Waals surface area contributed by atoms with Gasteiger partial charge >= 0.3 is 12.1 Å². The summed E-state index contributed by atoms with van der Waals surface area (Å²) in [6.07, 6.45) is 1.19. The quantitative estimate of drug-likeness (QED) is 0.283. The zero-order valence-electron chi connectivity index (χ0n) is 13.1. The first-order valence-electron chi connectivity index (χ1n) is 7.72. The van der Waals surface area contributed by atoms with Gasteiger partial charge in [0, 0.05) is 5.57 Å². The summed E-state index contributed by atoms with van der Waals surface area (Å²) in [4.78, 5) is 11.2. The zero-order chi connectivity index (χ0) is 16.3. The molecule has 0 bridgehead atoms. The number of carbonyl (C=O) groups is 1. The van der Waals surface area contributed by atoms with E-state index in [4.69, 9.17) is 0 Å². The number of alkyl halides is 3. The van der Waals surface area contributed by atoms with E-state index in [1.165, 1.54) is 26.2 Å². The predicted octanol–water partition coefficient (Wildman–Crippen LogP) is 5.57. The minimum Gasteiger partial charge on any atom is -0.449 e. The van der Waals surface area contributed by atoms with Crippen LogP contribution >= 0.6 is 0 Å². The molecule has 0 N–H and O–H groups in total. The van der Waals surface area contributed by atoms with E-state index in [0.717, 1.165) is 25.7 Å². The van der Waals surface area contributed by atoms with Crippen LogP contribution in [-0.4, -0.2) is 18.2 Å². The van der Waals surface area contributed by atoms with Crippen molar-refractivity contribution in [1.29, 1.82) is 0 Å². The first-order chi connectivity index (χ1) is 9.79. The van der Waals surface area contributed by atoms with Crippen molar-refractivity contribution in [3.63, 3.8) is 0 Å². The molecule has 21 heavy (non-hydrogen) atoms. The standard InChI is InChI=1S/C16H27F3O2/c1-4-5-6-7-8-9-10-11-12-14(16(17,18)19)21-15(20)13(2)3/h14H,2,4-12H2,1,3H3. The van der Waals surface area contributed by atoms with E-state index in [1.54, 1.807) is 0 Å². The lowest BCUT2D eigenvalue weighted by atomic mass is 10.1. The van der Waals surface area contributed by atoms with E-state index in [-0.39, 0.29) is 12.0 Å². The average molecular weight is 308 g/mol. The molecule has 0 rings (SSSR count). The molecule has 0 saturated carbocycles. The van der Waals surface area contributed by atoms with Crippen molar-refractivity contribution in [3.05, 3.63) is 12.2 Å². The van der Waals surface area contributed by atoms with Gasteiger partial charge in [-0.15, -0.1) is 0 Å². The van der Waals surface area contributed by atoms with E-state index in [9.17, 15) is 18.0 Å². The predicted molar refractivity (Wildman–Crippen MR) is 78.0 cm³/mol. The first-order valence-corrected chi connectivity index (χ1v) is 7.72. The van der Waals surface area contributed by atoms with Crippen molar-refractivity contribution in [2.45, 2.75) is 83.9 Å². The molecule has 0 radical (unpaired) electrons. The number of hydrogen-bond acceptors (Lipinski definition) is 2.